The van der Waals surface area contributed by atoms with Crippen molar-refractivity contribution in [3.63, 3.8) is 0 Å². The zero-order valence-corrected chi connectivity index (χ0v) is 13.1. The summed E-state index contributed by atoms with van der Waals surface area (Å²) in [5.41, 5.74) is 1.75. The van der Waals surface area contributed by atoms with Crippen LogP contribution in [0.1, 0.15) is 30.1 Å². The lowest BCUT2D eigenvalue weighted by molar-refractivity contribution is 0.323. The van der Waals surface area contributed by atoms with Gasteiger partial charge in [0.05, 0.1) is 24.5 Å². The van der Waals surface area contributed by atoms with Gasteiger partial charge in [-0.25, -0.2) is 17.2 Å². The molecule has 0 radical (unpaired) electrons. The molecule has 122 valence electrons. The Morgan fingerprint density at radius 3 is 2.48 bits per heavy atom. The molecule has 0 unspecified atom stereocenters. The van der Waals surface area contributed by atoms with Crippen molar-refractivity contribution in [3.05, 3.63) is 47.3 Å². The largest absolute Gasteiger partial charge is 0.267 e. The summed E-state index contributed by atoms with van der Waals surface area (Å²) < 4.78 is 55.8. The quantitative estimate of drug-likeness (QED) is 0.862. The third-order valence-corrected chi connectivity index (χ3v) is 6.19. The van der Waals surface area contributed by atoms with Gasteiger partial charge >= 0.3 is 0 Å². The van der Waals surface area contributed by atoms with Crippen LogP contribution in [-0.4, -0.2) is 29.0 Å². The van der Waals surface area contributed by atoms with Crippen molar-refractivity contribution in [2.75, 3.05) is 6.54 Å². The molecule has 1 aliphatic heterocycles. The van der Waals surface area contributed by atoms with Gasteiger partial charge in [-0.05, 0) is 31.0 Å². The van der Waals surface area contributed by atoms with Gasteiger partial charge in [-0.1, -0.05) is 6.07 Å². The second-order valence-electron chi connectivity index (χ2n) is 5.95. The Morgan fingerprint density at radius 2 is 1.83 bits per heavy atom. The molecule has 2 aliphatic rings. The first-order chi connectivity index (χ1) is 11.0. The third kappa shape index (κ3) is 2.46. The van der Waals surface area contributed by atoms with Gasteiger partial charge in [0, 0.05) is 12.5 Å². The van der Waals surface area contributed by atoms with Gasteiger partial charge in [0.25, 0.3) is 0 Å². The lowest BCUT2D eigenvalue weighted by atomic mass is 10.2. The van der Waals surface area contributed by atoms with Gasteiger partial charge in [-0.2, -0.15) is 9.40 Å². The molecule has 23 heavy (non-hydrogen) atoms. The van der Waals surface area contributed by atoms with Crippen molar-refractivity contribution in [2.24, 2.45) is 0 Å². The van der Waals surface area contributed by atoms with Crippen LogP contribution in [0.15, 0.2) is 29.2 Å². The molecule has 1 fully saturated rings. The summed E-state index contributed by atoms with van der Waals surface area (Å²) in [6, 6.07) is 4.96. The van der Waals surface area contributed by atoms with Gasteiger partial charge in [0.1, 0.15) is 11.6 Å². The van der Waals surface area contributed by atoms with Crippen LogP contribution in [0.3, 0.4) is 0 Å². The molecule has 0 spiro atoms. The lowest BCUT2D eigenvalue weighted by Crippen LogP contribution is -2.39. The minimum absolute atomic E-state index is 0.0792. The van der Waals surface area contributed by atoms with Crippen molar-refractivity contribution < 1.29 is 17.2 Å². The van der Waals surface area contributed by atoms with E-state index in [-0.39, 0.29) is 13.1 Å². The van der Waals surface area contributed by atoms with Gasteiger partial charge in [-0.3, -0.25) is 4.68 Å². The highest BCUT2D eigenvalue weighted by Crippen LogP contribution is 2.40. The second-order valence-corrected chi connectivity index (χ2v) is 7.82. The molecule has 1 saturated carbocycles. The number of rotatable bonds is 3. The van der Waals surface area contributed by atoms with E-state index in [2.05, 4.69) is 5.10 Å². The van der Waals surface area contributed by atoms with E-state index in [9.17, 15) is 17.2 Å². The maximum Gasteiger partial charge on any atom is 0.249 e. The fourth-order valence-electron chi connectivity index (χ4n) is 2.91. The van der Waals surface area contributed by atoms with E-state index >= 15 is 0 Å². The Labute approximate surface area is 132 Å². The number of halogens is 2. The molecule has 1 aliphatic carbocycles. The summed E-state index contributed by atoms with van der Waals surface area (Å²) in [6.45, 7) is 0.613. The van der Waals surface area contributed by atoms with Crippen LogP contribution >= 0.6 is 0 Å². The number of sulfonamides is 1. The van der Waals surface area contributed by atoms with E-state index < -0.39 is 26.6 Å². The van der Waals surface area contributed by atoms with Crippen LogP contribution in [-0.2, 0) is 23.1 Å². The number of fused-ring (bicyclic) bond motifs is 1. The molecular weight excluding hydrogens is 324 g/mol. The topological polar surface area (TPSA) is 55.2 Å². The summed E-state index contributed by atoms with van der Waals surface area (Å²) in [5, 5.41) is 4.48. The SMILES string of the molecule is O=S(=O)(c1c(F)cccc1F)N1CCn2nc(C3CC3)cc2C1. The zero-order valence-electron chi connectivity index (χ0n) is 12.2. The van der Waals surface area contributed by atoms with Crippen LogP contribution in [0, 0.1) is 11.6 Å². The number of hydrogen-bond acceptors (Lipinski definition) is 3. The average Bonchev–Trinajstić information content (AvgIpc) is 3.25. The highest BCUT2D eigenvalue weighted by Gasteiger charge is 2.35. The maximum absolute atomic E-state index is 13.9. The van der Waals surface area contributed by atoms with Gasteiger partial charge in [-0.15, -0.1) is 0 Å². The highest BCUT2D eigenvalue weighted by atomic mass is 32.2. The molecule has 1 aromatic heterocycles. The molecule has 8 heteroatoms. The number of aromatic nitrogens is 2. The van der Waals surface area contributed by atoms with E-state index in [0.717, 1.165) is 46.7 Å². The molecule has 0 atom stereocenters. The first-order valence-electron chi connectivity index (χ1n) is 7.47. The smallest absolute Gasteiger partial charge is 0.249 e. The summed E-state index contributed by atoms with van der Waals surface area (Å²) in [5.74, 6) is -1.66. The minimum atomic E-state index is -4.22. The van der Waals surface area contributed by atoms with Crippen molar-refractivity contribution >= 4 is 10.0 Å². The number of hydrogen-bond donors (Lipinski definition) is 0. The molecule has 0 bridgehead atoms. The predicted octanol–water partition coefficient (Wildman–Crippen LogP) is 2.24. The Balaban J connectivity index is 1.68. The van der Waals surface area contributed by atoms with E-state index in [1.165, 1.54) is 0 Å². The van der Waals surface area contributed by atoms with Crippen LogP contribution in [0.5, 0.6) is 0 Å². The fraction of sp³-hybridized carbons (Fsp3) is 0.400. The van der Waals surface area contributed by atoms with Crippen LogP contribution in [0.4, 0.5) is 8.78 Å². The van der Waals surface area contributed by atoms with Crippen LogP contribution in [0.2, 0.25) is 0 Å². The Bertz CT molecular complexity index is 855. The summed E-state index contributed by atoms with van der Waals surface area (Å²) in [4.78, 5) is -0.879. The van der Waals surface area contributed by atoms with E-state index in [1.807, 2.05) is 6.07 Å². The van der Waals surface area contributed by atoms with Crippen molar-refractivity contribution in [2.45, 2.75) is 36.7 Å². The average molecular weight is 339 g/mol. The standard InChI is InChI=1S/C15H15F2N3O2S/c16-12-2-1-3-13(17)15(12)23(21,22)19-6-7-20-11(9-19)8-14(18-20)10-4-5-10/h1-3,8,10H,4-7,9H2. The van der Waals surface area contributed by atoms with E-state index in [0.29, 0.717) is 12.5 Å². The van der Waals surface area contributed by atoms with Crippen LogP contribution < -0.4 is 0 Å². The molecule has 1 aromatic carbocycles. The summed E-state index contributed by atoms with van der Waals surface area (Å²) in [6.07, 6.45) is 2.22. The molecule has 2 heterocycles. The molecule has 5 nitrogen and oxygen atoms in total. The Kier molecular flexibility index (Phi) is 3.28. The predicted molar refractivity (Wildman–Crippen MR) is 78.2 cm³/mol. The zero-order chi connectivity index (χ0) is 16.2. The molecule has 2 aromatic rings. The first-order valence-corrected chi connectivity index (χ1v) is 8.91. The van der Waals surface area contributed by atoms with Gasteiger partial charge < -0.3 is 0 Å². The van der Waals surface area contributed by atoms with Crippen LogP contribution in [0.25, 0.3) is 0 Å². The monoisotopic (exact) mass is 339 g/mol. The van der Waals surface area contributed by atoms with Crippen molar-refractivity contribution in [3.8, 4) is 0 Å². The normalized spacial score (nSPS) is 18.9. The molecule has 0 saturated heterocycles. The maximum atomic E-state index is 13.9. The minimum Gasteiger partial charge on any atom is -0.267 e. The highest BCUT2D eigenvalue weighted by molar-refractivity contribution is 7.89. The molecule has 0 N–H and O–H groups in total. The van der Waals surface area contributed by atoms with E-state index in [4.69, 9.17) is 0 Å². The Morgan fingerprint density at radius 1 is 1.13 bits per heavy atom. The number of benzene rings is 1. The summed E-state index contributed by atoms with van der Waals surface area (Å²) in [7, 11) is -4.22. The molecule has 0 amide bonds. The molecule has 4 rings (SSSR count). The van der Waals surface area contributed by atoms with E-state index in [1.54, 1.807) is 4.68 Å². The summed E-state index contributed by atoms with van der Waals surface area (Å²) >= 11 is 0. The Hall–Kier alpha value is -1.80. The molecular formula is C15H15F2N3O2S. The first kappa shape index (κ1) is 14.8. The lowest BCUT2D eigenvalue weighted by Gasteiger charge is -2.27. The third-order valence-electron chi connectivity index (χ3n) is 4.29. The number of nitrogens with zero attached hydrogens (tertiary/aromatic N) is 3. The van der Waals surface area contributed by atoms with Crippen molar-refractivity contribution in [1.29, 1.82) is 0 Å². The van der Waals surface area contributed by atoms with Crippen molar-refractivity contribution in [1.82, 2.24) is 14.1 Å². The van der Waals surface area contributed by atoms with Gasteiger partial charge in [0.15, 0.2) is 4.90 Å². The fourth-order valence-corrected chi connectivity index (χ4v) is 4.42. The van der Waals surface area contributed by atoms with Gasteiger partial charge in [0.2, 0.25) is 10.0 Å². The second kappa shape index (κ2) is 5.10.